The van der Waals surface area contributed by atoms with E-state index in [4.69, 9.17) is 0 Å². The third-order valence-corrected chi connectivity index (χ3v) is 4.02. The number of aryl methyl sites for hydroxylation is 1. The van der Waals surface area contributed by atoms with Gasteiger partial charge in [-0.3, -0.25) is 0 Å². The second kappa shape index (κ2) is 3.56. The minimum atomic E-state index is -0.0938. The molecule has 1 aliphatic heterocycles. The molecular weight excluding hydrogens is 201 g/mol. The standard InChI is InChI=1S/C14H18FN/c1-10-7-12(9-13(15)8-10)14(11-3-4-11)5-2-6-16-14/h7-9,11,16H,2-6H2,1H3. The molecule has 1 aromatic carbocycles. The number of rotatable bonds is 2. The van der Waals surface area contributed by atoms with Crippen LogP contribution in [0.4, 0.5) is 4.39 Å². The summed E-state index contributed by atoms with van der Waals surface area (Å²) in [6, 6.07) is 5.49. The maximum absolute atomic E-state index is 13.5. The lowest BCUT2D eigenvalue weighted by Gasteiger charge is -2.31. The Balaban J connectivity index is 2.05. The summed E-state index contributed by atoms with van der Waals surface area (Å²) in [6.07, 6.45) is 4.97. The second-order valence-electron chi connectivity index (χ2n) is 5.29. The third kappa shape index (κ3) is 1.56. The van der Waals surface area contributed by atoms with Crippen molar-refractivity contribution < 1.29 is 4.39 Å². The Bertz CT molecular complexity index is 383. The minimum absolute atomic E-state index is 0.0901. The molecule has 16 heavy (non-hydrogen) atoms. The van der Waals surface area contributed by atoms with Crippen LogP contribution in [0.5, 0.6) is 0 Å². The topological polar surface area (TPSA) is 12.0 Å². The summed E-state index contributed by atoms with van der Waals surface area (Å²) in [5.41, 5.74) is 2.29. The van der Waals surface area contributed by atoms with Gasteiger partial charge in [0.2, 0.25) is 0 Å². The van der Waals surface area contributed by atoms with E-state index in [-0.39, 0.29) is 11.4 Å². The van der Waals surface area contributed by atoms with Gasteiger partial charge in [0.25, 0.3) is 0 Å². The first-order valence-corrected chi connectivity index (χ1v) is 6.23. The van der Waals surface area contributed by atoms with Crippen LogP contribution in [0.3, 0.4) is 0 Å². The predicted molar refractivity (Wildman–Crippen MR) is 62.8 cm³/mol. The van der Waals surface area contributed by atoms with Crippen LogP contribution in [-0.4, -0.2) is 6.54 Å². The van der Waals surface area contributed by atoms with Gasteiger partial charge in [-0.25, -0.2) is 4.39 Å². The maximum Gasteiger partial charge on any atom is 0.123 e. The molecule has 2 fully saturated rings. The summed E-state index contributed by atoms with van der Waals surface area (Å²) >= 11 is 0. The Labute approximate surface area is 96.1 Å². The molecule has 1 N–H and O–H groups in total. The third-order valence-electron chi connectivity index (χ3n) is 4.02. The van der Waals surface area contributed by atoms with Crippen LogP contribution in [0.25, 0.3) is 0 Å². The lowest BCUT2D eigenvalue weighted by Crippen LogP contribution is -2.39. The van der Waals surface area contributed by atoms with Gasteiger partial charge in [-0.05, 0) is 68.3 Å². The average Bonchev–Trinajstić information content (AvgIpc) is 2.96. The average molecular weight is 219 g/mol. The highest BCUT2D eigenvalue weighted by atomic mass is 19.1. The summed E-state index contributed by atoms with van der Waals surface area (Å²) in [6.45, 7) is 3.05. The van der Waals surface area contributed by atoms with Gasteiger partial charge in [-0.15, -0.1) is 0 Å². The van der Waals surface area contributed by atoms with Crippen molar-refractivity contribution in [3.63, 3.8) is 0 Å². The normalized spacial score (nSPS) is 29.6. The van der Waals surface area contributed by atoms with E-state index in [0.29, 0.717) is 0 Å². The van der Waals surface area contributed by atoms with Crippen molar-refractivity contribution in [3.8, 4) is 0 Å². The number of benzene rings is 1. The van der Waals surface area contributed by atoms with Gasteiger partial charge < -0.3 is 5.32 Å². The van der Waals surface area contributed by atoms with E-state index in [1.54, 1.807) is 12.1 Å². The minimum Gasteiger partial charge on any atom is -0.307 e. The van der Waals surface area contributed by atoms with E-state index >= 15 is 0 Å². The number of halogens is 1. The highest BCUT2D eigenvalue weighted by Gasteiger charge is 2.47. The van der Waals surface area contributed by atoms with Crippen LogP contribution >= 0.6 is 0 Å². The highest BCUT2D eigenvalue weighted by Crippen LogP contribution is 2.50. The first kappa shape index (κ1) is 10.3. The van der Waals surface area contributed by atoms with Crippen molar-refractivity contribution >= 4 is 0 Å². The molecule has 0 aromatic heterocycles. The van der Waals surface area contributed by atoms with Crippen molar-refractivity contribution in [2.75, 3.05) is 6.54 Å². The highest BCUT2D eigenvalue weighted by molar-refractivity contribution is 5.33. The molecule has 2 heteroatoms. The van der Waals surface area contributed by atoms with Gasteiger partial charge in [0.1, 0.15) is 5.82 Å². The number of hydrogen-bond donors (Lipinski definition) is 1. The molecular formula is C14H18FN. The summed E-state index contributed by atoms with van der Waals surface area (Å²) in [5, 5.41) is 3.64. The molecule has 1 nitrogen and oxygen atoms in total. The summed E-state index contributed by atoms with van der Waals surface area (Å²) in [4.78, 5) is 0. The maximum atomic E-state index is 13.5. The molecule has 1 heterocycles. The van der Waals surface area contributed by atoms with Crippen molar-refractivity contribution in [1.29, 1.82) is 0 Å². The van der Waals surface area contributed by atoms with E-state index in [1.807, 2.05) is 6.92 Å². The van der Waals surface area contributed by atoms with Crippen molar-refractivity contribution in [3.05, 3.63) is 35.1 Å². The van der Waals surface area contributed by atoms with E-state index in [2.05, 4.69) is 11.4 Å². The molecule has 3 rings (SSSR count). The molecule has 0 bridgehead atoms. The Morgan fingerprint density at radius 2 is 2.12 bits per heavy atom. The van der Waals surface area contributed by atoms with E-state index in [1.165, 1.54) is 31.2 Å². The molecule has 1 unspecified atom stereocenters. The molecule has 1 aromatic rings. The van der Waals surface area contributed by atoms with E-state index in [0.717, 1.165) is 18.0 Å². The fourth-order valence-corrected chi connectivity index (χ4v) is 3.17. The van der Waals surface area contributed by atoms with Gasteiger partial charge in [-0.2, -0.15) is 0 Å². The number of nitrogens with one attached hydrogen (secondary N) is 1. The molecule has 1 aliphatic carbocycles. The van der Waals surface area contributed by atoms with E-state index in [9.17, 15) is 4.39 Å². The first-order chi connectivity index (χ1) is 7.71. The Hall–Kier alpha value is -0.890. The molecule has 2 aliphatic rings. The van der Waals surface area contributed by atoms with Crippen molar-refractivity contribution in [2.45, 2.75) is 38.1 Å². The quantitative estimate of drug-likeness (QED) is 0.805. The fraction of sp³-hybridized carbons (Fsp3) is 0.571. The molecule has 0 radical (unpaired) electrons. The first-order valence-electron chi connectivity index (χ1n) is 6.23. The molecule has 0 amide bonds. The molecule has 1 atom stereocenters. The van der Waals surface area contributed by atoms with E-state index < -0.39 is 0 Å². The van der Waals surface area contributed by atoms with Crippen molar-refractivity contribution in [1.82, 2.24) is 5.32 Å². The van der Waals surface area contributed by atoms with Gasteiger partial charge >= 0.3 is 0 Å². The molecule has 86 valence electrons. The lowest BCUT2D eigenvalue weighted by atomic mass is 9.83. The zero-order valence-electron chi connectivity index (χ0n) is 9.72. The Morgan fingerprint density at radius 1 is 1.31 bits per heavy atom. The zero-order chi connectivity index (χ0) is 11.2. The number of hydrogen-bond acceptors (Lipinski definition) is 1. The Morgan fingerprint density at radius 3 is 2.69 bits per heavy atom. The van der Waals surface area contributed by atoms with Gasteiger partial charge in [0.05, 0.1) is 0 Å². The van der Waals surface area contributed by atoms with Crippen LogP contribution < -0.4 is 5.32 Å². The predicted octanol–water partition coefficient (Wildman–Crippen LogP) is 3.12. The van der Waals surface area contributed by atoms with Crippen LogP contribution in [0, 0.1) is 18.7 Å². The zero-order valence-corrected chi connectivity index (χ0v) is 9.72. The SMILES string of the molecule is Cc1cc(F)cc(C2(C3CC3)CCCN2)c1. The lowest BCUT2D eigenvalue weighted by molar-refractivity contribution is 0.334. The van der Waals surface area contributed by atoms with Crippen LogP contribution in [0.2, 0.25) is 0 Å². The van der Waals surface area contributed by atoms with Gasteiger partial charge in [0.15, 0.2) is 0 Å². The van der Waals surface area contributed by atoms with Gasteiger partial charge in [0, 0.05) is 5.54 Å². The summed E-state index contributed by atoms with van der Waals surface area (Å²) < 4.78 is 13.5. The molecule has 0 spiro atoms. The smallest absolute Gasteiger partial charge is 0.123 e. The molecule has 1 saturated heterocycles. The largest absolute Gasteiger partial charge is 0.307 e. The molecule has 1 saturated carbocycles. The Kier molecular flexibility index (Phi) is 2.28. The van der Waals surface area contributed by atoms with Gasteiger partial charge in [-0.1, -0.05) is 6.07 Å². The fourth-order valence-electron chi connectivity index (χ4n) is 3.17. The van der Waals surface area contributed by atoms with Crippen LogP contribution in [0.15, 0.2) is 18.2 Å². The second-order valence-corrected chi connectivity index (χ2v) is 5.29. The summed E-state index contributed by atoms with van der Waals surface area (Å²) in [7, 11) is 0. The van der Waals surface area contributed by atoms with Crippen molar-refractivity contribution in [2.24, 2.45) is 5.92 Å². The monoisotopic (exact) mass is 219 g/mol. The summed E-state index contributed by atoms with van der Waals surface area (Å²) in [5.74, 6) is 0.639. The van der Waals surface area contributed by atoms with Crippen LogP contribution in [-0.2, 0) is 5.54 Å². The van der Waals surface area contributed by atoms with Crippen LogP contribution in [0.1, 0.15) is 36.8 Å².